The van der Waals surface area contributed by atoms with Gasteiger partial charge in [-0.05, 0) is 37.1 Å². The maximum atomic E-state index is 11.7. The fourth-order valence-corrected chi connectivity index (χ4v) is 1.69. The summed E-state index contributed by atoms with van der Waals surface area (Å²) in [6.45, 7) is 6.39. The number of ether oxygens (including phenoxy) is 1. The molecular formula is C14H20O3. The molecule has 0 heterocycles. The third-order valence-corrected chi connectivity index (χ3v) is 2.92. The first-order valence-electron chi connectivity index (χ1n) is 5.98. The van der Waals surface area contributed by atoms with E-state index in [9.17, 15) is 4.79 Å². The van der Waals surface area contributed by atoms with Gasteiger partial charge in [0.05, 0.1) is 6.61 Å². The van der Waals surface area contributed by atoms with Gasteiger partial charge in [-0.25, -0.2) is 0 Å². The third-order valence-electron chi connectivity index (χ3n) is 2.92. The van der Waals surface area contributed by atoms with Gasteiger partial charge in [-0.1, -0.05) is 6.92 Å². The van der Waals surface area contributed by atoms with Crippen LogP contribution in [0.4, 0.5) is 0 Å². The Morgan fingerprint density at radius 3 is 2.59 bits per heavy atom. The number of benzene rings is 1. The number of aliphatic hydroxyl groups is 1. The minimum Gasteiger partial charge on any atom is -0.493 e. The van der Waals surface area contributed by atoms with Crippen LogP contribution in [0.2, 0.25) is 0 Å². The summed E-state index contributed by atoms with van der Waals surface area (Å²) in [6.07, 6.45) is 1.14. The van der Waals surface area contributed by atoms with Gasteiger partial charge in [-0.15, -0.1) is 0 Å². The normalized spacial score (nSPS) is 10.4. The summed E-state index contributed by atoms with van der Waals surface area (Å²) in [5.41, 5.74) is 2.76. The van der Waals surface area contributed by atoms with E-state index in [-0.39, 0.29) is 12.4 Å². The number of hydrogen-bond donors (Lipinski definition) is 1. The van der Waals surface area contributed by atoms with Crippen molar-refractivity contribution < 1.29 is 14.6 Å². The predicted octanol–water partition coefficient (Wildman–Crippen LogP) is 2.66. The molecule has 0 aliphatic heterocycles. The Morgan fingerprint density at radius 1 is 1.29 bits per heavy atom. The highest BCUT2D eigenvalue weighted by molar-refractivity contribution is 5.97. The summed E-state index contributed by atoms with van der Waals surface area (Å²) < 4.78 is 5.56. The Morgan fingerprint density at radius 2 is 2.00 bits per heavy atom. The lowest BCUT2D eigenvalue weighted by molar-refractivity contribution is 0.0987. The summed E-state index contributed by atoms with van der Waals surface area (Å²) in [7, 11) is 0. The van der Waals surface area contributed by atoms with Crippen molar-refractivity contribution in [1.82, 2.24) is 0 Å². The van der Waals surface area contributed by atoms with Crippen molar-refractivity contribution in [3.8, 4) is 5.75 Å². The van der Waals surface area contributed by atoms with Crippen LogP contribution in [-0.2, 0) is 0 Å². The minimum atomic E-state index is 0.129. The van der Waals surface area contributed by atoms with Gasteiger partial charge < -0.3 is 9.84 Å². The molecule has 0 saturated carbocycles. The van der Waals surface area contributed by atoms with E-state index in [0.29, 0.717) is 19.4 Å². The fourth-order valence-electron chi connectivity index (χ4n) is 1.69. The number of rotatable bonds is 6. The van der Waals surface area contributed by atoms with Gasteiger partial charge in [0.1, 0.15) is 5.75 Å². The molecule has 3 heteroatoms. The number of aliphatic hydroxyl groups excluding tert-OH is 1. The maximum absolute atomic E-state index is 11.7. The van der Waals surface area contributed by atoms with Crippen LogP contribution in [0.5, 0.6) is 5.75 Å². The molecule has 0 unspecified atom stereocenters. The molecule has 0 aliphatic carbocycles. The molecule has 3 nitrogen and oxygen atoms in total. The lowest BCUT2D eigenvalue weighted by Crippen LogP contribution is -2.05. The molecule has 0 aromatic heterocycles. The summed E-state index contributed by atoms with van der Waals surface area (Å²) in [5.74, 6) is 0.955. The standard InChI is InChI=1S/C14H20O3/c1-4-13(16)12-6-7-14(11(3)10(12)2)17-9-5-8-15/h6-7,15H,4-5,8-9H2,1-3H3. The quantitative estimate of drug-likeness (QED) is 0.610. The second-order valence-corrected chi connectivity index (χ2v) is 4.06. The number of Topliss-reactive ketones (excluding diaryl/α,β-unsaturated/α-hetero) is 1. The SMILES string of the molecule is CCC(=O)c1ccc(OCCCO)c(C)c1C. The molecule has 1 aromatic rings. The molecule has 0 fully saturated rings. The van der Waals surface area contributed by atoms with Crippen LogP contribution in [0.3, 0.4) is 0 Å². The van der Waals surface area contributed by atoms with Crippen LogP contribution in [0.1, 0.15) is 41.3 Å². The van der Waals surface area contributed by atoms with Gasteiger partial charge >= 0.3 is 0 Å². The van der Waals surface area contributed by atoms with Crippen LogP contribution in [0.15, 0.2) is 12.1 Å². The highest BCUT2D eigenvalue weighted by Crippen LogP contribution is 2.25. The van der Waals surface area contributed by atoms with E-state index >= 15 is 0 Å². The van der Waals surface area contributed by atoms with Gasteiger partial charge in [0.25, 0.3) is 0 Å². The largest absolute Gasteiger partial charge is 0.493 e. The van der Waals surface area contributed by atoms with Gasteiger partial charge in [0.2, 0.25) is 0 Å². The number of carbonyl (C=O) groups excluding carboxylic acids is 1. The topological polar surface area (TPSA) is 46.5 Å². The van der Waals surface area contributed by atoms with E-state index < -0.39 is 0 Å². The van der Waals surface area contributed by atoms with Crippen molar-refractivity contribution in [2.45, 2.75) is 33.6 Å². The molecule has 0 bridgehead atoms. The molecule has 1 aromatic carbocycles. The van der Waals surface area contributed by atoms with E-state index in [1.165, 1.54) is 0 Å². The van der Waals surface area contributed by atoms with Crippen molar-refractivity contribution in [3.05, 3.63) is 28.8 Å². The molecule has 17 heavy (non-hydrogen) atoms. The molecule has 0 spiro atoms. The molecule has 0 aliphatic rings. The highest BCUT2D eigenvalue weighted by Gasteiger charge is 2.11. The van der Waals surface area contributed by atoms with Crippen LogP contribution >= 0.6 is 0 Å². The van der Waals surface area contributed by atoms with E-state index in [4.69, 9.17) is 9.84 Å². The Labute approximate surface area is 102 Å². The molecule has 0 saturated heterocycles. The predicted molar refractivity (Wildman–Crippen MR) is 67.7 cm³/mol. The second-order valence-electron chi connectivity index (χ2n) is 4.06. The van der Waals surface area contributed by atoms with E-state index in [1.807, 2.05) is 32.9 Å². The maximum Gasteiger partial charge on any atom is 0.162 e. The zero-order chi connectivity index (χ0) is 12.8. The van der Waals surface area contributed by atoms with Crippen molar-refractivity contribution in [2.24, 2.45) is 0 Å². The summed E-state index contributed by atoms with van der Waals surface area (Å²) in [5, 5.41) is 8.69. The average molecular weight is 236 g/mol. The van der Waals surface area contributed by atoms with Crippen LogP contribution in [0, 0.1) is 13.8 Å². The molecule has 0 amide bonds. The van der Waals surface area contributed by atoms with E-state index in [2.05, 4.69) is 0 Å². The van der Waals surface area contributed by atoms with Gasteiger partial charge in [0, 0.05) is 25.0 Å². The Bertz CT molecular complexity index is 397. The Kier molecular flexibility index (Phi) is 5.16. The second kappa shape index (κ2) is 6.40. The number of carbonyl (C=O) groups is 1. The van der Waals surface area contributed by atoms with Crippen LogP contribution in [-0.4, -0.2) is 24.1 Å². The molecule has 94 valence electrons. The first-order chi connectivity index (χ1) is 8.11. The summed E-state index contributed by atoms with van der Waals surface area (Å²) in [6, 6.07) is 3.66. The zero-order valence-electron chi connectivity index (χ0n) is 10.7. The molecule has 1 rings (SSSR count). The molecule has 0 atom stereocenters. The summed E-state index contributed by atoms with van der Waals surface area (Å²) in [4.78, 5) is 11.7. The van der Waals surface area contributed by atoms with Gasteiger partial charge in [-0.2, -0.15) is 0 Å². The molecular weight excluding hydrogens is 216 g/mol. The van der Waals surface area contributed by atoms with Crippen molar-refractivity contribution >= 4 is 5.78 Å². The van der Waals surface area contributed by atoms with Crippen LogP contribution in [0.25, 0.3) is 0 Å². The lowest BCUT2D eigenvalue weighted by Gasteiger charge is -2.13. The van der Waals surface area contributed by atoms with Gasteiger partial charge in [-0.3, -0.25) is 4.79 Å². The highest BCUT2D eigenvalue weighted by atomic mass is 16.5. The van der Waals surface area contributed by atoms with Gasteiger partial charge in [0.15, 0.2) is 5.78 Å². The monoisotopic (exact) mass is 236 g/mol. The summed E-state index contributed by atoms with van der Waals surface area (Å²) >= 11 is 0. The van der Waals surface area contributed by atoms with Crippen molar-refractivity contribution in [1.29, 1.82) is 0 Å². The van der Waals surface area contributed by atoms with Crippen molar-refractivity contribution in [2.75, 3.05) is 13.2 Å². The van der Waals surface area contributed by atoms with Crippen LogP contribution < -0.4 is 4.74 Å². The van der Waals surface area contributed by atoms with E-state index in [0.717, 1.165) is 22.4 Å². The minimum absolute atomic E-state index is 0.129. The lowest BCUT2D eigenvalue weighted by atomic mass is 9.98. The Hall–Kier alpha value is -1.35. The third kappa shape index (κ3) is 3.30. The number of hydrogen-bond acceptors (Lipinski definition) is 3. The van der Waals surface area contributed by atoms with Crippen molar-refractivity contribution in [3.63, 3.8) is 0 Å². The van der Waals surface area contributed by atoms with E-state index in [1.54, 1.807) is 0 Å². The smallest absolute Gasteiger partial charge is 0.162 e. The first-order valence-corrected chi connectivity index (χ1v) is 5.98. The number of ketones is 1. The average Bonchev–Trinajstić information content (AvgIpc) is 2.34. The molecule has 0 radical (unpaired) electrons. The molecule has 1 N–H and O–H groups in total. The first kappa shape index (κ1) is 13.7. The fraction of sp³-hybridized carbons (Fsp3) is 0.500. The zero-order valence-corrected chi connectivity index (χ0v) is 10.7. The Balaban J connectivity index is 2.90.